The molecule has 2 heterocycles. The van der Waals surface area contributed by atoms with Gasteiger partial charge in [-0.1, -0.05) is 49.6 Å². The van der Waals surface area contributed by atoms with Crippen LogP contribution in [0.3, 0.4) is 0 Å². The highest BCUT2D eigenvalue weighted by Crippen LogP contribution is 2.36. The summed E-state index contributed by atoms with van der Waals surface area (Å²) < 4.78 is 0. The van der Waals surface area contributed by atoms with E-state index in [2.05, 4.69) is 4.98 Å². The lowest BCUT2D eigenvalue weighted by Gasteiger charge is -2.41. The maximum atomic E-state index is 12.8. The number of carbonyl (C=O) groups is 1. The van der Waals surface area contributed by atoms with Crippen molar-refractivity contribution in [2.24, 2.45) is 11.8 Å². The number of fused-ring (bicyclic) bond motifs is 1. The van der Waals surface area contributed by atoms with Gasteiger partial charge in [0.05, 0.1) is 0 Å². The van der Waals surface area contributed by atoms with E-state index in [1.54, 1.807) is 11.3 Å². The fourth-order valence-electron chi connectivity index (χ4n) is 4.03. The summed E-state index contributed by atoms with van der Waals surface area (Å²) in [5.74, 6) is 1.68. The van der Waals surface area contributed by atoms with Gasteiger partial charge in [0.1, 0.15) is 10.7 Å². The SMILES string of the molecule is O=C(c1csc(-c2ccccc2)n1)N1CC[C@H]2CCCC[C@H]2C1. The van der Waals surface area contributed by atoms with Crippen molar-refractivity contribution in [3.05, 3.63) is 41.4 Å². The molecule has 0 spiro atoms. The minimum absolute atomic E-state index is 0.118. The fraction of sp³-hybridized carbons (Fsp3) is 0.474. The fourth-order valence-corrected chi connectivity index (χ4v) is 4.83. The summed E-state index contributed by atoms with van der Waals surface area (Å²) in [5, 5.41) is 2.85. The summed E-state index contributed by atoms with van der Waals surface area (Å²) in [4.78, 5) is 19.4. The Morgan fingerprint density at radius 2 is 1.87 bits per heavy atom. The zero-order valence-electron chi connectivity index (χ0n) is 13.3. The Morgan fingerprint density at radius 1 is 1.09 bits per heavy atom. The molecular formula is C19H22N2OS. The van der Waals surface area contributed by atoms with E-state index in [-0.39, 0.29) is 5.91 Å². The first-order valence-corrected chi connectivity index (χ1v) is 9.49. The van der Waals surface area contributed by atoms with Gasteiger partial charge < -0.3 is 4.90 Å². The van der Waals surface area contributed by atoms with Gasteiger partial charge in [0.15, 0.2) is 0 Å². The molecule has 3 nitrogen and oxygen atoms in total. The Bertz CT molecular complexity index is 682. The van der Waals surface area contributed by atoms with E-state index in [4.69, 9.17) is 0 Å². The van der Waals surface area contributed by atoms with Crippen molar-refractivity contribution in [2.45, 2.75) is 32.1 Å². The van der Waals surface area contributed by atoms with Crippen molar-refractivity contribution < 1.29 is 4.79 Å². The van der Waals surface area contributed by atoms with Gasteiger partial charge in [0.25, 0.3) is 5.91 Å². The van der Waals surface area contributed by atoms with Crippen LogP contribution in [0.4, 0.5) is 0 Å². The van der Waals surface area contributed by atoms with Crippen LogP contribution < -0.4 is 0 Å². The van der Waals surface area contributed by atoms with Gasteiger partial charge in [0.2, 0.25) is 0 Å². The predicted molar refractivity (Wildman–Crippen MR) is 93.5 cm³/mol. The van der Waals surface area contributed by atoms with Crippen LogP contribution in [0.15, 0.2) is 35.7 Å². The van der Waals surface area contributed by atoms with E-state index in [9.17, 15) is 4.79 Å². The molecule has 1 saturated carbocycles. The largest absolute Gasteiger partial charge is 0.337 e. The molecular weight excluding hydrogens is 304 g/mol. The van der Waals surface area contributed by atoms with Crippen LogP contribution in [0.5, 0.6) is 0 Å². The molecule has 1 aliphatic heterocycles. The van der Waals surface area contributed by atoms with Crippen LogP contribution in [-0.2, 0) is 0 Å². The second-order valence-corrected chi connectivity index (χ2v) is 7.61. The van der Waals surface area contributed by atoms with Crippen molar-refractivity contribution in [3.63, 3.8) is 0 Å². The number of benzene rings is 1. The third kappa shape index (κ3) is 3.05. The molecule has 23 heavy (non-hydrogen) atoms. The number of amides is 1. The average Bonchev–Trinajstić information content (AvgIpc) is 3.11. The number of hydrogen-bond acceptors (Lipinski definition) is 3. The lowest BCUT2D eigenvalue weighted by Crippen LogP contribution is -2.44. The van der Waals surface area contributed by atoms with Crippen LogP contribution in [-0.4, -0.2) is 28.9 Å². The highest BCUT2D eigenvalue weighted by atomic mass is 32.1. The minimum atomic E-state index is 0.118. The number of aromatic nitrogens is 1. The number of thiazole rings is 1. The lowest BCUT2D eigenvalue weighted by molar-refractivity contribution is 0.0516. The van der Waals surface area contributed by atoms with Crippen molar-refractivity contribution in [2.75, 3.05) is 13.1 Å². The summed E-state index contributed by atoms with van der Waals surface area (Å²) in [5.41, 5.74) is 1.70. The number of likely N-dealkylation sites (tertiary alicyclic amines) is 1. The quantitative estimate of drug-likeness (QED) is 0.816. The highest BCUT2D eigenvalue weighted by molar-refractivity contribution is 7.13. The molecule has 0 bridgehead atoms. The topological polar surface area (TPSA) is 33.2 Å². The van der Waals surface area contributed by atoms with E-state index < -0.39 is 0 Å². The number of rotatable bonds is 2. The van der Waals surface area contributed by atoms with Gasteiger partial charge in [-0.25, -0.2) is 4.98 Å². The Hall–Kier alpha value is -1.68. The second kappa shape index (κ2) is 6.44. The molecule has 1 aromatic carbocycles. The van der Waals surface area contributed by atoms with Crippen LogP contribution in [0.25, 0.3) is 10.6 Å². The van der Waals surface area contributed by atoms with Gasteiger partial charge in [-0.2, -0.15) is 0 Å². The lowest BCUT2D eigenvalue weighted by atomic mass is 9.75. The third-order valence-electron chi connectivity index (χ3n) is 5.32. The molecule has 4 rings (SSSR count). The Kier molecular flexibility index (Phi) is 4.17. The van der Waals surface area contributed by atoms with Gasteiger partial charge in [0, 0.05) is 24.0 Å². The van der Waals surface area contributed by atoms with E-state index in [0.29, 0.717) is 11.6 Å². The molecule has 1 saturated heterocycles. The number of piperidine rings is 1. The molecule has 0 unspecified atom stereocenters. The smallest absolute Gasteiger partial charge is 0.273 e. The summed E-state index contributed by atoms with van der Waals surface area (Å²) in [6, 6.07) is 10.1. The molecule has 0 radical (unpaired) electrons. The van der Waals surface area contributed by atoms with Gasteiger partial charge in [-0.3, -0.25) is 4.79 Å². The Morgan fingerprint density at radius 3 is 2.70 bits per heavy atom. The van der Waals surface area contributed by atoms with Crippen LogP contribution >= 0.6 is 11.3 Å². The zero-order chi connectivity index (χ0) is 15.6. The van der Waals surface area contributed by atoms with Crippen molar-refractivity contribution >= 4 is 17.2 Å². The number of hydrogen-bond donors (Lipinski definition) is 0. The molecule has 120 valence electrons. The van der Waals surface area contributed by atoms with Gasteiger partial charge >= 0.3 is 0 Å². The summed E-state index contributed by atoms with van der Waals surface area (Å²) in [7, 11) is 0. The molecule has 1 aliphatic carbocycles. The van der Waals surface area contributed by atoms with E-state index in [1.807, 2.05) is 40.6 Å². The average molecular weight is 326 g/mol. The van der Waals surface area contributed by atoms with Crippen LogP contribution in [0.1, 0.15) is 42.6 Å². The highest BCUT2D eigenvalue weighted by Gasteiger charge is 2.33. The third-order valence-corrected chi connectivity index (χ3v) is 6.21. The first-order chi connectivity index (χ1) is 11.3. The molecule has 4 heteroatoms. The molecule has 1 amide bonds. The van der Waals surface area contributed by atoms with E-state index in [0.717, 1.165) is 29.6 Å². The maximum Gasteiger partial charge on any atom is 0.273 e. The Labute approximate surface area is 141 Å². The maximum absolute atomic E-state index is 12.8. The zero-order valence-corrected chi connectivity index (χ0v) is 14.1. The first-order valence-electron chi connectivity index (χ1n) is 8.61. The standard InChI is InChI=1S/C19H22N2OS/c22-19(21-11-10-14-6-4-5-9-16(14)12-21)17-13-23-18(20-17)15-7-2-1-3-8-15/h1-3,7-8,13-14,16H,4-6,9-12H2/t14-,16+/m1/s1. The first kappa shape index (κ1) is 14.9. The monoisotopic (exact) mass is 326 g/mol. The van der Waals surface area contributed by atoms with Crippen LogP contribution in [0.2, 0.25) is 0 Å². The predicted octanol–water partition coefficient (Wildman–Crippen LogP) is 4.46. The van der Waals surface area contributed by atoms with Crippen molar-refractivity contribution in [1.29, 1.82) is 0 Å². The molecule has 2 atom stereocenters. The van der Waals surface area contributed by atoms with E-state index in [1.165, 1.54) is 32.1 Å². The van der Waals surface area contributed by atoms with Crippen molar-refractivity contribution in [3.8, 4) is 10.6 Å². The van der Waals surface area contributed by atoms with Crippen LogP contribution in [0, 0.1) is 11.8 Å². The minimum Gasteiger partial charge on any atom is -0.337 e. The summed E-state index contributed by atoms with van der Waals surface area (Å²) in [6.07, 6.45) is 6.54. The van der Waals surface area contributed by atoms with Crippen molar-refractivity contribution in [1.82, 2.24) is 9.88 Å². The molecule has 1 aromatic heterocycles. The Balaban J connectivity index is 1.48. The number of nitrogens with zero attached hydrogens (tertiary/aromatic N) is 2. The summed E-state index contributed by atoms with van der Waals surface area (Å²) in [6.45, 7) is 1.83. The van der Waals surface area contributed by atoms with Gasteiger partial charge in [-0.15, -0.1) is 11.3 Å². The summed E-state index contributed by atoms with van der Waals surface area (Å²) >= 11 is 1.56. The molecule has 2 fully saturated rings. The van der Waals surface area contributed by atoms with E-state index >= 15 is 0 Å². The molecule has 0 N–H and O–H groups in total. The molecule has 2 aliphatic rings. The normalized spacial score (nSPS) is 24.3. The number of carbonyl (C=O) groups excluding carboxylic acids is 1. The second-order valence-electron chi connectivity index (χ2n) is 6.75. The molecule has 2 aromatic rings. The van der Waals surface area contributed by atoms with Gasteiger partial charge in [-0.05, 0) is 24.7 Å².